The lowest BCUT2D eigenvalue weighted by Crippen LogP contribution is -2.36. The van der Waals surface area contributed by atoms with E-state index >= 15 is 0 Å². The van der Waals surface area contributed by atoms with E-state index < -0.39 is 10.9 Å². The minimum absolute atomic E-state index is 0.0624. The lowest BCUT2D eigenvalue weighted by Gasteiger charge is -2.28. The van der Waals surface area contributed by atoms with E-state index in [9.17, 15) is 19.7 Å². The molecule has 2 saturated heterocycles. The van der Waals surface area contributed by atoms with E-state index in [1.54, 1.807) is 11.0 Å². The second-order valence-electron chi connectivity index (χ2n) is 6.93. The molecular formula is C19H25N3O6. The van der Waals surface area contributed by atoms with E-state index in [1.807, 2.05) is 4.90 Å². The summed E-state index contributed by atoms with van der Waals surface area (Å²) in [6.45, 7) is 3.10. The molecule has 0 aromatic heterocycles. The van der Waals surface area contributed by atoms with Gasteiger partial charge in [-0.05, 0) is 25.0 Å². The Morgan fingerprint density at radius 2 is 1.75 bits per heavy atom. The van der Waals surface area contributed by atoms with Crippen LogP contribution in [0.3, 0.4) is 0 Å². The third kappa shape index (κ3) is 4.98. The molecule has 2 fully saturated rings. The third-order valence-electron chi connectivity index (χ3n) is 5.05. The molecular weight excluding hydrogens is 366 g/mol. The number of amides is 1. The monoisotopic (exact) mass is 391 g/mol. The van der Waals surface area contributed by atoms with Gasteiger partial charge in [-0.25, -0.2) is 4.79 Å². The molecule has 0 radical (unpaired) electrons. The van der Waals surface area contributed by atoms with Crippen LogP contribution >= 0.6 is 0 Å². The Morgan fingerprint density at radius 3 is 2.39 bits per heavy atom. The zero-order chi connectivity index (χ0) is 19.9. The zero-order valence-corrected chi connectivity index (χ0v) is 15.8. The summed E-state index contributed by atoms with van der Waals surface area (Å²) in [4.78, 5) is 39.1. The number of carbonyl (C=O) groups excluding carboxylic acids is 2. The quantitative estimate of drug-likeness (QED) is 0.430. The minimum atomic E-state index is -0.736. The number of hydrogen-bond donors (Lipinski definition) is 0. The number of rotatable bonds is 5. The van der Waals surface area contributed by atoms with Crippen molar-refractivity contribution in [1.29, 1.82) is 0 Å². The number of ether oxygens (including phenoxy) is 2. The molecule has 1 aromatic carbocycles. The third-order valence-corrected chi connectivity index (χ3v) is 5.05. The van der Waals surface area contributed by atoms with Crippen molar-refractivity contribution in [3.05, 3.63) is 33.9 Å². The van der Waals surface area contributed by atoms with Gasteiger partial charge in [0.1, 0.15) is 5.69 Å². The van der Waals surface area contributed by atoms with Gasteiger partial charge in [0.15, 0.2) is 6.61 Å². The molecule has 0 unspecified atom stereocenters. The van der Waals surface area contributed by atoms with Crippen LogP contribution in [-0.4, -0.2) is 67.7 Å². The van der Waals surface area contributed by atoms with E-state index in [0.717, 1.165) is 25.7 Å². The summed E-state index contributed by atoms with van der Waals surface area (Å²) in [5.74, 6) is -0.963. The van der Waals surface area contributed by atoms with Crippen molar-refractivity contribution in [3.8, 4) is 0 Å². The summed E-state index contributed by atoms with van der Waals surface area (Å²) < 4.78 is 10.4. The van der Waals surface area contributed by atoms with Crippen molar-refractivity contribution in [2.75, 3.05) is 50.9 Å². The number of nitrogens with zero attached hydrogens (tertiary/aromatic N) is 3. The maximum absolute atomic E-state index is 12.3. The maximum atomic E-state index is 12.3. The molecule has 0 N–H and O–H groups in total. The van der Waals surface area contributed by atoms with Gasteiger partial charge in [-0.1, -0.05) is 12.8 Å². The fraction of sp³-hybridized carbons (Fsp3) is 0.579. The van der Waals surface area contributed by atoms with Crippen LogP contribution in [0.25, 0.3) is 0 Å². The van der Waals surface area contributed by atoms with Gasteiger partial charge < -0.3 is 19.3 Å². The molecule has 28 heavy (non-hydrogen) atoms. The summed E-state index contributed by atoms with van der Waals surface area (Å²) in [6, 6.07) is 4.26. The Bertz CT molecular complexity index is 724. The van der Waals surface area contributed by atoms with Crippen LogP contribution in [0.4, 0.5) is 11.4 Å². The van der Waals surface area contributed by atoms with Crippen molar-refractivity contribution in [2.45, 2.75) is 25.7 Å². The second-order valence-corrected chi connectivity index (χ2v) is 6.93. The summed E-state index contributed by atoms with van der Waals surface area (Å²) >= 11 is 0. The zero-order valence-electron chi connectivity index (χ0n) is 15.8. The van der Waals surface area contributed by atoms with Gasteiger partial charge in [-0.3, -0.25) is 14.9 Å². The summed E-state index contributed by atoms with van der Waals surface area (Å²) in [6.07, 6.45) is 4.11. The van der Waals surface area contributed by atoms with E-state index in [0.29, 0.717) is 45.1 Å². The Kier molecular flexibility index (Phi) is 6.80. The highest BCUT2D eigenvalue weighted by Crippen LogP contribution is 2.30. The Morgan fingerprint density at radius 1 is 1.07 bits per heavy atom. The number of hydrogen-bond acceptors (Lipinski definition) is 7. The predicted octanol–water partition coefficient (Wildman–Crippen LogP) is 1.99. The van der Waals surface area contributed by atoms with Crippen LogP contribution < -0.4 is 4.90 Å². The molecule has 2 aliphatic heterocycles. The van der Waals surface area contributed by atoms with Crippen LogP contribution in [0, 0.1) is 10.1 Å². The van der Waals surface area contributed by atoms with Crippen molar-refractivity contribution >= 4 is 23.3 Å². The molecule has 152 valence electrons. The van der Waals surface area contributed by atoms with Gasteiger partial charge >= 0.3 is 5.97 Å². The smallest absolute Gasteiger partial charge is 0.338 e. The van der Waals surface area contributed by atoms with Crippen LogP contribution in [0.1, 0.15) is 36.0 Å². The van der Waals surface area contributed by atoms with Gasteiger partial charge in [0.2, 0.25) is 0 Å². The maximum Gasteiger partial charge on any atom is 0.338 e. The van der Waals surface area contributed by atoms with Gasteiger partial charge in [0, 0.05) is 32.2 Å². The number of carbonyl (C=O) groups is 2. The molecule has 0 aliphatic carbocycles. The summed E-state index contributed by atoms with van der Waals surface area (Å²) in [5.41, 5.74) is 0.355. The standard InChI is InChI=1S/C19H25N3O6/c23-18(21-7-3-1-2-4-8-21)14-28-19(24)15-5-6-16(17(13-15)22(25)26)20-9-11-27-12-10-20/h5-6,13H,1-4,7-12,14H2. The minimum Gasteiger partial charge on any atom is -0.452 e. The normalized spacial score (nSPS) is 17.7. The Labute approximate surface area is 163 Å². The molecule has 9 nitrogen and oxygen atoms in total. The van der Waals surface area contributed by atoms with E-state index in [1.165, 1.54) is 12.1 Å². The summed E-state index contributed by atoms with van der Waals surface area (Å²) in [5, 5.41) is 11.5. The van der Waals surface area contributed by atoms with Crippen LogP contribution in [0.15, 0.2) is 18.2 Å². The number of esters is 1. The molecule has 2 heterocycles. The van der Waals surface area contributed by atoms with Crippen molar-refractivity contribution in [1.82, 2.24) is 4.90 Å². The molecule has 0 spiro atoms. The molecule has 9 heteroatoms. The van der Waals surface area contributed by atoms with Crippen molar-refractivity contribution in [2.24, 2.45) is 0 Å². The second kappa shape index (κ2) is 9.50. The Balaban J connectivity index is 1.65. The number of nitro benzene ring substituents is 1. The van der Waals surface area contributed by atoms with E-state index in [4.69, 9.17) is 9.47 Å². The number of likely N-dealkylation sites (tertiary alicyclic amines) is 1. The topological polar surface area (TPSA) is 102 Å². The Hall–Kier alpha value is -2.68. The van der Waals surface area contributed by atoms with Gasteiger partial charge in [-0.15, -0.1) is 0 Å². The van der Waals surface area contributed by atoms with E-state index in [2.05, 4.69) is 0 Å². The molecule has 3 rings (SSSR count). The van der Waals surface area contributed by atoms with Crippen LogP contribution in [-0.2, 0) is 14.3 Å². The molecule has 0 saturated carbocycles. The van der Waals surface area contributed by atoms with Crippen LogP contribution in [0.2, 0.25) is 0 Å². The van der Waals surface area contributed by atoms with Crippen molar-refractivity contribution < 1.29 is 24.0 Å². The molecule has 0 bridgehead atoms. The first kappa shape index (κ1) is 20.1. The predicted molar refractivity (Wildman–Crippen MR) is 101 cm³/mol. The first-order chi connectivity index (χ1) is 13.6. The first-order valence-electron chi connectivity index (χ1n) is 9.62. The largest absolute Gasteiger partial charge is 0.452 e. The van der Waals surface area contributed by atoms with Gasteiger partial charge in [-0.2, -0.15) is 0 Å². The van der Waals surface area contributed by atoms with Crippen LogP contribution in [0.5, 0.6) is 0 Å². The lowest BCUT2D eigenvalue weighted by atomic mass is 10.1. The highest BCUT2D eigenvalue weighted by atomic mass is 16.6. The molecule has 1 amide bonds. The van der Waals surface area contributed by atoms with Gasteiger partial charge in [0.05, 0.1) is 23.7 Å². The fourth-order valence-electron chi connectivity index (χ4n) is 3.49. The SMILES string of the molecule is O=C(OCC(=O)N1CCCCCC1)c1ccc(N2CCOCC2)c([N+](=O)[O-])c1. The molecule has 1 aromatic rings. The number of benzene rings is 1. The highest BCUT2D eigenvalue weighted by Gasteiger charge is 2.24. The highest BCUT2D eigenvalue weighted by molar-refractivity contribution is 5.93. The fourth-order valence-corrected chi connectivity index (χ4v) is 3.49. The number of anilines is 1. The molecule has 2 aliphatic rings. The average Bonchev–Trinajstić information content (AvgIpc) is 3.01. The lowest BCUT2D eigenvalue weighted by molar-refractivity contribution is -0.384. The number of morpholine rings is 1. The number of nitro groups is 1. The first-order valence-corrected chi connectivity index (χ1v) is 9.62. The van der Waals surface area contributed by atoms with E-state index in [-0.39, 0.29) is 23.8 Å². The molecule has 0 atom stereocenters. The summed E-state index contributed by atoms with van der Waals surface area (Å²) in [7, 11) is 0. The van der Waals surface area contributed by atoms with Gasteiger partial charge in [0.25, 0.3) is 11.6 Å². The average molecular weight is 391 g/mol. The van der Waals surface area contributed by atoms with Crippen molar-refractivity contribution in [3.63, 3.8) is 0 Å².